The van der Waals surface area contributed by atoms with E-state index in [1.165, 1.54) is 6.20 Å². The van der Waals surface area contributed by atoms with E-state index in [2.05, 4.69) is 30.5 Å². The quantitative estimate of drug-likeness (QED) is 0.529. The van der Waals surface area contributed by atoms with Crippen molar-refractivity contribution in [2.75, 3.05) is 31.6 Å². The zero-order valence-corrected chi connectivity index (χ0v) is 17.0. The van der Waals surface area contributed by atoms with Crippen molar-refractivity contribution >= 4 is 23.4 Å². The van der Waals surface area contributed by atoms with Crippen LogP contribution in [0.3, 0.4) is 0 Å². The number of aliphatic imine (C=N–C) groups is 1. The first-order valence-corrected chi connectivity index (χ1v) is 9.69. The lowest BCUT2D eigenvalue weighted by molar-refractivity contribution is -0.154. The number of halogens is 4. The van der Waals surface area contributed by atoms with Crippen molar-refractivity contribution in [2.24, 2.45) is 4.99 Å². The summed E-state index contributed by atoms with van der Waals surface area (Å²) in [7, 11) is 1.63. The van der Waals surface area contributed by atoms with Gasteiger partial charge < -0.3 is 20.3 Å². The molecule has 3 rings (SSSR count). The van der Waals surface area contributed by atoms with E-state index in [-0.39, 0.29) is 18.5 Å². The fourth-order valence-electron chi connectivity index (χ4n) is 3.09. The van der Waals surface area contributed by atoms with Gasteiger partial charge in [0.25, 0.3) is 0 Å². The molecule has 0 bridgehead atoms. The molecule has 2 aromatic rings. The molecule has 1 aliphatic rings. The van der Waals surface area contributed by atoms with Crippen molar-refractivity contribution < 1.29 is 17.9 Å². The molecule has 2 aromatic heterocycles. The number of hydrogen-bond acceptors (Lipinski definition) is 5. The van der Waals surface area contributed by atoms with Crippen molar-refractivity contribution in [2.45, 2.75) is 25.2 Å². The number of aromatic nitrogens is 2. The Labute approximate surface area is 177 Å². The molecule has 1 aliphatic heterocycles. The van der Waals surface area contributed by atoms with Crippen LogP contribution in [0.1, 0.15) is 12.0 Å². The number of hydrogen-bond donors (Lipinski definition) is 2. The maximum Gasteiger partial charge on any atom is 0.422 e. The highest BCUT2D eigenvalue weighted by Gasteiger charge is 2.29. The number of anilines is 1. The minimum atomic E-state index is -4.43. The third-order valence-corrected chi connectivity index (χ3v) is 4.76. The van der Waals surface area contributed by atoms with E-state index in [1.807, 2.05) is 0 Å². The third-order valence-electron chi connectivity index (χ3n) is 4.46. The molecule has 1 fully saturated rings. The number of rotatable bonds is 6. The monoisotopic (exact) mass is 442 g/mol. The molecule has 7 nitrogen and oxygen atoms in total. The van der Waals surface area contributed by atoms with E-state index in [0.29, 0.717) is 23.1 Å². The van der Waals surface area contributed by atoms with Gasteiger partial charge in [-0.15, -0.1) is 0 Å². The summed E-state index contributed by atoms with van der Waals surface area (Å²) in [5, 5.41) is 7.01. The van der Waals surface area contributed by atoms with E-state index >= 15 is 0 Å². The van der Waals surface area contributed by atoms with Crippen molar-refractivity contribution in [3.05, 3.63) is 47.2 Å². The maximum absolute atomic E-state index is 12.4. The van der Waals surface area contributed by atoms with Crippen LogP contribution in [0, 0.1) is 0 Å². The van der Waals surface area contributed by atoms with Crippen LogP contribution in [-0.4, -0.2) is 54.9 Å². The molecule has 1 unspecified atom stereocenters. The largest absolute Gasteiger partial charge is 0.468 e. The molecule has 0 amide bonds. The predicted octanol–water partition coefficient (Wildman–Crippen LogP) is 3.02. The van der Waals surface area contributed by atoms with Crippen LogP contribution < -0.4 is 20.3 Å². The van der Waals surface area contributed by atoms with Crippen LogP contribution in [0.25, 0.3) is 0 Å². The van der Waals surface area contributed by atoms with Gasteiger partial charge in [-0.1, -0.05) is 17.7 Å². The van der Waals surface area contributed by atoms with Crippen LogP contribution in [0.4, 0.5) is 19.0 Å². The fraction of sp³-hybridized carbons (Fsp3) is 0.421. The van der Waals surface area contributed by atoms with Gasteiger partial charge in [0.15, 0.2) is 12.6 Å². The van der Waals surface area contributed by atoms with Gasteiger partial charge in [0.1, 0.15) is 5.82 Å². The number of guanidine groups is 1. The number of nitrogens with zero attached hydrogens (tertiary/aromatic N) is 4. The van der Waals surface area contributed by atoms with Crippen LogP contribution in [0.15, 0.2) is 41.7 Å². The van der Waals surface area contributed by atoms with Gasteiger partial charge in [0, 0.05) is 50.7 Å². The molecule has 30 heavy (non-hydrogen) atoms. The summed E-state index contributed by atoms with van der Waals surface area (Å²) in [6.45, 7) is 0.314. The smallest absolute Gasteiger partial charge is 0.422 e. The second kappa shape index (κ2) is 9.84. The van der Waals surface area contributed by atoms with E-state index in [4.69, 9.17) is 16.3 Å². The Morgan fingerprint density at radius 3 is 2.80 bits per heavy atom. The summed E-state index contributed by atoms with van der Waals surface area (Å²) in [6.07, 6.45) is -0.474. The average molecular weight is 443 g/mol. The molecule has 1 saturated heterocycles. The van der Waals surface area contributed by atoms with Gasteiger partial charge in [-0.3, -0.25) is 4.99 Å². The topological polar surface area (TPSA) is 74.7 Å². The molecular weight excluding hydrogens is 421 g/mol. The first kappa shape index (κ1) is 21.9. The van der Waals surface area contributed by atoms with Gasteiger partial charge >= 0.3 is 6.18 Å². The Kier molecular flexibility index (Phi) is 7.20. The molecule has 11 heteroatoms. The van der Waals surface area contributed by atoms with Crippen LogP contribution in [-0.2, 0) is 6.54 Å². The first-order chi connectivity index (χ1) is 14.4. The molecule has 0 radical (unpaired) electrons. The molecule has 0 aromatic carbocycles. The first-order valence-electron chi connectivity index (χ1n) is 9.32. The summed E-state index contributed by atoms with van der Waals surface area (Å²) in [6, 6.07) is 6.99. The second-order valence-corrected chi connectivity index (χ2v) is 7.09. The summed E-state index contributed by atoms with van der Waals surface area (Å²) < 4.78 is 42.1. The lowest BCUT2D eigenvalue weighted by Crippen LogP contribution is -2.44. The molecule has 3 heterocycles. The van der Waals surface area contributed by atoms with Crippen molar-refractivity contribution in [1.29, 1.82) is 0 Å². The Morgan fingerprint density at radius 1 is 1.30 bits per heavy atom. The predicted molar refractivity (Wildman–Crippen MR) is 109 cm³/mol. The Balaban J connectivity index is 1.54. The highest BCUT2D eigenvalue weighted by atomic mass is 35.5. The van der Waals surface area contributed by atoms with Crippen molar-refractivity contribution in [1.82, 2.24) is 20.6 Å². The van der Waals surface area contributed by atoms with Gasteiger partial charge in [-0.05, 0) is 24.6 Å². The Morgan fingerprint density at radius 2 is 2.07 bits per heavy atom. The molecule has 162 valence electrons. The lowest BCUT2D eigenvalue weighted by atomic mass is 10.2. The molecule has 2 N–H and O–H groups in total. The molecule has 0 aliphatic carbocycles. The zero-order chi connectivity index (χ0) is 21.6. The average Bonchev–Trinajstić information content (AvgIpc) is 3.18. The summed E-state index contributed by atoms with van der Waals surface area (Å²) in [5.74, 6) is 1.21. The van der Waals surface area contributed by atoms with Gasteiger partial charge in [0.05, 0.1) is 5.02 Å². The second-order valence-electron chi connectivity index (χ2n) is 6.68. The normalized spacial score (nSPS) is 17.2. The number of ether oxygens (including phenoxy) is 1. The summed E-state index contributed by atoms with van der Waals surface area (Å²) in [4.78, 5) is 14.5. The minimum absolute atomic E-state index is 0.0605. The lowest BCUT2D eigenvalue weighted by Gasteiger charge is -2.20. The van der Waals surface area contributed by atoms with E-state index in [9.17, 15) is 13.2 Å². The Hall–Kier alpha value is -2.75. The standard InChI is InChI=1S/C19H22ClF3N6O/c1-24-18(27-10-13-4-2-8-26-17(13)30-12-19(21,22)23)28-14-6-9-29(11-14)16-15(20)5-3-7-25-16/h2-5,7-8,14H,6,9-12H2,1H3,(H2,24,27,28). The van der Waals surface area contributed by atoms with Gasteiger partial charge in [-0.25, -0.2) is 9.97 Å². The van der Waals surface area contributed by atoms with E-state index < -0.39 is 12.8 Å². The van der Waals surface area contributed by atoms with E-state index in [1.54, 1.807) is 37.5 Å². The highest BCUT2D eigenvalue weighted by Crippen LogP contribution is 2.25. The minimum Gasteiger partial charge on any atom is -0.468 e. The fourth-order valence-corrected chi connectivity index (χ4v) is 3.33. The Bertz CT molecular complexity index is 879. The summed E-state index contributed by atoms with van der Waals surface area (Å²) >= 11 is 6.22. The number of pyridine rings is 2. The maximum atomic E-state index is 12.4. The van der Waals surface area contributed by atoms with Gasteiger partial charge in [0.2, 0.25) is 5.88 Å². The number of alkyl halides is 3. The molecule has 0 saturated carbocycles. The van der Waals surface area contributed by atoms with Crippen LogP contribution in [0.5, 0.6) is 5.88 Å². The van der Waals surface area contributed by atoms with Gasteiger partial charge in [-0.2, -0.15) is 13.2 Å². The van der Waals surface area contributed by atoms with Crippen molar-refractivity contribution in [3.63, 3.8) is 0 Å². The van der Waals surface area contributed by atoms with Crippen LogP contribution >= 0.6 is 11.6 Å². The summed E-state index contributed by atoms with van der Waals surface area (Å²) in [5.41, 5.74) is 0.498. The van der Waals surface area contributed by atoms with Crippen LogP contribution in [0.2, 0.25) is 5.02 Å². The number of nitrogens with one attached hydrogen (secondary N) is 2. The SMILES string of the molecule is CN=C(NCc1cccnc1OCC(F)(F)F)NC1CCN(c2ncccc2Cl)C1. The molecular formula is C19H22ClF3N6O. The van der Waals surface area contributed by atoms with Crippen molar-refractivity contribution in [3.8, 4) is 5.88 Å². The zero-order valence-electron chi connectivity index (χ0n) is 16.3. The third kappa shape index (κ3) is 6.12. The highest BCUT2D eigenvalue weighted by molar-refractivity contribution is 6.32. The van der Waals surface area contributed by atoms with E-state index in [0.717, 1.165) is 18.8 Å². The molecule has 1 atom stereocenters. The molecule has 0 spiro atoms.